The number of rotatable bonds is 8. The van der Waals surface area contributed by atoms with Gasteiger partial charge in [-0.25, -0.2) is 0 Å². The van der Waals surface area contributed by atoms with Crippen molar-refractivity contribution in [2.24, 2.45) is 4.99 Å². The number of hydrogen-bond acceptors (Lipinski definition) is 3. The molecule has 0 aromatic rings. The normalized spacial score (nSPS) is 21.1. The fourth-order valence-corrected chi connectivity index (χ4v) is 2.58. The van der Waals surface area contributed by atoms with Crippen LogP contribution in [0.3, 0.4) is 0 Å². The lowest BCUT2D eigenvalue weighted by molar-refractivity contribution is -0.0161. The zero-order chi connectivity index (χ0) is 15.5. The van der Waals surface area contributed by atoms with Crippen LogP contribution in [-0.4, -0.2) is 63.3 Å². The fraction of sp³-hybridized carbons (Fsp3) is 0.938. The first-order valence-corrected chi connectivity index (χ1v) is 8.43. The molecule has 22 heavy (non-hydrogen) atoms. The van der Waals surface area contributed by atoms with Gasteiger partial charge in [-0.3, -0.25) is 4.99 Å². The molecule has 0 saturated carbocycles. The van der Waals surface area contributed by atoms with Crippen molar-refractivity contribution in [2.75, 3.05) is 40.3 Å². The Balaban J connectivity index is 0.00000441. The minimum atomic E-state index is 0. The maximum atomic E-state index is 5.75. The second kappa shape index (κ2) is 13.4. The van der Waals surface area contributed by atoms with Gasteiger partial charge >= 0.3 is 0 Å². The van der Waals surface area contributed by atoms with Crippen molar-refractivity contribution in [3.63, 3.8) is 0 Å². The van der Waals surface area contributed by atoms with Crippen LogP contribution in [0.25, 0.3) is 0 Å². The van der Waals surface area contributed by atoms with Crippen LogP contribution in [-0.2, 0) is 4.74 Å². The number of unbranched alkanes of at least 4 members (excludes halogenated alkanes) is 3. The van der Waals surface area contributed by atoms with Gasteiger partial charge in [0, 0.05) is 32.7 Å². The molecule has 0 aromatic carbocycles. The summed E-state index contributed by atoms with van der Waals surface area (Å²) in [7, 11) is 3.97. The Morgan fingerprint density at radius 2 is 2.14 bits per heavy atom. The first-order valence-electron chi connectivity index (χ1n) is 8.43. The molecule has 1 rings (SSSR count). The van der Waals surface area contributed by atoms with E-state index in [0.29, 0.717) is 6.04 Å². The van der Waals surface area contributed by atoms with E-state index >= 15 is 0 Å². The Hall–Kier alpha value is -0.0800. The highest BCUT2D eigenvalue weighted by molar-refractivity contribution is 14.0. The molecule has 5 nitrogen and oxygen atoms in total. The molecule has 1 heterocycles. The minimum absolute atomic E-state index is 0. The van der Waals surface area contributed by atoms with Crippen LogP contribution in [0.5, 0.6) is 0 Å². The highest BCUT2D eigenvalue weighted by Gasteiger charge is 2.17. The van der Waals surface area contributed by atoms with Crippen molar-refractivity contribution >= 4 is 29.9 Å². The Kier molecular flexibility index (Phi) is 13.3. The third kappa shape index (κ3) is 9.84. The molecule has 0 amide bonds. The molecular formula is C16H35IN4O. The van der Waals surface area contributed by atoms with E-state index in [1.807, 2.05) is 7.05 Å². The SMILES string of the molecule is CCCCCCC(C)NC(=NC)NCC1CN(C)CCO1.I. The Morgan fingerprint density at radius 1 is 1.36 bits per heavy atom. The number of guanidine groups is 1. The lowest BCUT2D eigenvalue weighted by Gasteiger charge is -2.30. The standard InChI is InChI=1S/C16H34N4O.HI/c1-5-6-7-8-9-14(2)19-16(17-3)18-12-15-13-20(4)10-11-21-15;/h14-15H,5-13H2,1-4H3,(H2,17,18,19);1H. The molecule has 1 saturated heterocycles. The minimum Gasteiger partial charge on any atom is -0.374 e. The average Bonchev–Trinajstić information content (AvgIpc) is 2.48. The van der Waals surface area contributed by atoms with Crippen LogP contribution in [0.1, 0.15) is 46.0 Å². The van der Waals surface area contributed by atoms with Crippen molar-refractivity contribution in [3.8, 4) is 0 Å². The highest BCUT2D eigenvalue weighted by atomic mass is 127. The molecule has 6 heteroatoms. The van der Waals surface area contributed by atoms with Crippen LogP contribution in [0.4, 0.5) is 0 Å². The van der Waals surface area contributed by atoms with Crippen LogP contribution < -0.4 is 10.6 Å². The molecule has 0 bridgehead atoms. The number of ether oxygens (including phenoxy) is 1. The molecule has 1 fully saturated rings. The molecule has 1 aliphatic heterocycles. The number of halogens is 1. The van der Waals surface area contributed by atoms with Crippen LogP contribution in [0.2, 0.25) is 0 Å². The van der Waals surface area contributed by atoms with Gasteiger partial charge in [0.15, 0.2) is 5.96 Å². The maximum Gasteiger partial charge on any atom is 0.191 e. The summed E-state index contributed by atoms with van der Waals surface area (Å²) in [6.45, 7) is 8.12. The van der Waals surface area contributed by atoms with E-state index in [2.05, 4.69) is 41.4 Å². The van der Waals surface area contributed by atoms with E-state index in [-0.39, 0.29) is 30.1 Å². The largest absolute Gasteiger partial charge is 0.374 e. The zero-order valence-electron chi connectivity index (χ0n) is 14.7. The van der Waals surface area contributed by atoms with E-state index in [9.17, 15) is 0 Å². The number of nitrogens with one attached hydrogen (secondary N) is 2. The lowest BCUT2D eigenvalue weighted by atomic mass is 10.1. The Labute approximate surface area is 153 Å². The summed E-state index contributed by atoms with van der Waals surface area (Å²) >= 11 is 0. The lowest BCUT2D eigenvalue weighted by Crippen LogP contribution is -2.49. The average molecular weight is 426 g/mol. The van der Waals surface area contributed by atoms with Crippen molar-refractivity contribution in [2.45, 2.75) is 58.1 Å². The van der Waals surface area contributed by atoms with Crippen molar-refractivity contribution < 1.29 is 4.74 Å². The second-order valence-electron chi connectivity index (χ2n) is 6.10. The van der Waals surface area contributed by atoms with Gasteiger partial charge in [0.25, 0.3) is 0 Å². The van der Waals surface area contributed by atoms with Gasteiger partial charge < -0.3 is 20.3 Å². The highest BCUT2D eigenvalue weighted by Crippen LogP contribution is 2.05. The molecule has 132 valence electrons. The summed E-state index contributed by atoms with van der Waals surface area (Å²) in [5, 5.41) is 6.84. The van der Waals surface area contributed by atoms with E-state index < -0.39 is 0 Å². The van der Waals surface area contributed by atoms with Crippen molar-refractivity contribution in [3.05, 3.63) is 0 Å². The summed E-state index contributed by atoms with van der Waals surface area (Å²) in [6.07, 6.45) is 6.70. The van der Waals surface area contributed by atoms with Gasteiger partial charge in [-0.05, 0) is 20.4 Å². The van der Waals surface area contributed by atoms with Gasteiger partial charge in [0.05, 0.1) is 12.7 Å². The molecule has 2 unspecified atom stereocenters. The molecule has 0 aromatic heterocycles. The third-order valence-corrected chi connectivity index (χ3v) is 3.94. The monoisotopic (exact) mass is 426 g/mol. The fourth-order valence-electron chi connectivity index (χ4n) is 2.58. The van der Waals surface area contributed by atoms with Gasteiger partial charge in [-0.15, -0.1) is 24.0 Å². The number of hydrogen-bond donors (Lipinski definition) is 2. The first kappa shape index (κ1) is 21.9. The smallest absolute Gasteiger partial charge is 0.191 e. The third-order valence-electron chi connectivity index (χ3n) is 3.94. The molecule has 2 N–H and O–H groups in total. The van der Waals surface area contributed by atoms with E-state index in [4.69, 9.17) is 4.74 Å². The molecule has 0 aliphatic carbocycles. The Morgan fingerprint density at radius 3 is 2.77 bits per heavy atom. The van der Waals surface area contributed by atoms with Crippen LogP contribution in [0, 0.1) is 0 Å². The van der Waals surface area contributed by atoms with E-state index in [1.165, 1.54) is 32.1 Å². The summed E-state index contributed by atoms with van der Waals surface area (Å²) in [6, 6.07) is 0.461. The molecular weight excluding hydrogens is 391 g/mol. The van der Waals surface area contributed by atoms with Gasteiger partial charge in [0.2, 0.25) is 0 Å². The summed E-state index contributed by atoms with van der Waals surface area (Å²) in [5.74, 6) is 0.884. The topological polar surface area (TPSA) is 48.9 Å². The number of nitrogens with zero attached hydrogens (tertiary/aromatic N) is 2. The first-order chi connectivity index (χ1) is 10.2. The molecule has 0 spiro atoms. The molecule has 1 aliphatic rings. The second-order valence-corrected chi connectivity index (χ2v) is 6.10. The van der Waals surface area contributed by atoms with Crippen molar-refractivity contribution in [1.29, 1.82) is 0 Å². The van der Waals surface area contributed by atoms with E-state index in [1.54, 1.807) is 0 Å². The van der Waals surface area contributed by atoms with Gasteiger partial charge in [-0.1, -0.05) is 32.6 Å². The van der Waals surface area contributed by atoms with Crippen molar-refractivity contribution in [1.82, 2.24) is 15.5 Å². The van der Waals surface area contributed by atoms with Crippen LogP contribution >= 0.6 is 24.0 Å². The Bertz CT molecular complexity index is 302. The van der Waals surface area contributed by atoms with Gasteiger partial charge in [-0.2, -0.15) is 0 Å². The number of morpholine rings is 1. The predicted molar refractivity (Wildman–Crippen MR) is 105 cm³/mol. The summed E-state index contributed by atoms with van der Waals surface area (Å²) in [4.78, 5) is 6.61. The number of aliphatic imine (C=N–C) groups is 1. The molecule has 2 atom stereocenters. The summed E-state index contributed by atoms with van der Waals surface area (Å²) < 4.78 is 5.75. The maximum absolute atomic E-state index is 5.75. The predicted octanol–water partition coefficient (Wildman–Crippen LogP) is 2.46. The summed E-state index contributed by atoms with van der Waals surface area (Å²) in [5.41, 5.74) is 0. The van der Waals surface area contributed by atoms with E-state index in [0.717, 1.165) is 32.2 Å². The van der Waals surface area contributed by atoms with Crippen LogP contribution in [0.15, 0.2) is 4.99 Å². The zero-order valence-corrected chi connectivity index (χ0v) is 17.1. The van der Waals surface area contributed by atoms with Gasteiger partial charge in [0.1, 0.15) is 0 Å². The quantitative estimate of drug-likeness (QED) is 0.271. The molecule has 0 radical (unpaired) electrons. The number of likely N-dealkylation sites (N-methyl/N-ethyl adjacent to an activating group) is 1.